The quantitative estimate of drug-likeness (QED) is 0.620. The third kappa shape index (κ3) is 3.14. The van der Waals surface area contributed by atoms with Crippen molar-refractivity contribution < 1.29 is 23.9 Å². The Labute approximate surface area is 151 Å². The molecule has 2 aromatic rings. The predicted molar refractivity (Wildman–Crippen MR) is 97.6 cm³/mol. The molecule has 0 atom stereocenters. The Hall–Kier alpha value is -2.89. The van der Waals surface area contributed by atoms with Crippen LogP contribution in [0.25, 0.3) is 10.8 Å². The second kappa shape index (κ2) is 7.56. The van der Waals surface area contributed by atoms with Gasteiger partial charge in [0.15, 0.2) is 6.29 Å². The topological polar surface area (TPSA) is 72.9 Å². The number of carbonyl (C=O) groups excluding carboxylic acids is 3. The molecule has 0 unspecified atom stereocenters. The van der Waals surface area contributed by atoms with Gasteiger partial charge in [0.2, 0.25) is 0 Å². The average molecular weight is 355 g/mol. The van der Waals surface area contributed by atoms with Gasteiger partial charge in [-0.15, -0.1) is 0 Å². The number of nitrogens with zero attached hydrogens (tertiary/aromatic N) is 1. The highest BCUT2D eigenvalue weighted by molar-refractivity contribution is 6.13. The van der Waals surface area contributed by atoms with Crippen molar-refractivity contribution >= 4 is 34.7 Å². The number of anilines is 1. The van der Waals surface area contributed by atoms with Gasteiger partial charge in [0.05, 0.1) is 25.7 Å². The number of hydrogen-bond acceptors (Lipinski definition) is 6. The fraction of sp³-hybridized carbons (Fsp3) is 0.350. The molecular weight excluding hydrogens is 334 g/mol. The molecule has 0 amide bonds. The van der Waals surface area contributed by atoms with Crippen molar-refractivity contribution in [2.75, 3.05) is 32.2 Å². The van der Waals surface area contributed by atoms with E-state index < -0.39 is 5.97 Å². The third-order valence-corrected chi connectivity index (χ3v) is 4.95. The van der Waals surface area contributed by atoms with Gasteiger partial charge in [-0.3, -0.25) is 9.59 Å². The summed E-state index contributed by atoms with van der Waals surface area (Å²) in [6.45, 7) is 1.41. The summed E-state index contributed by atoms with van der Waals surface area (Å²) in [6, 6.07) is 8.97. The summed E-state index contributed by atoms with van der Waals surface area (Å²) in [6.07, 6.45) is 2.17. The fourth-order valence-electron chi connectivity index (χ4n) is 3.60. The average Bonchev–Trinajstić information content (AvgIpc) is 2.71. The zero-order chi connectivity index (χ0) is 18.7. The molecule has 0 aliphatic carbocycles. The van der Waals surface area contributed by atoms with Crippen LogP contribution in [0.5, 0.6) is 0 Å². The highest BCUT2D eigenvalue weighted by Crippen LogP contribution is 2.34. The first kappa shape index (κ1) is 17.9. The van der Waals surface area contributed by atoms with Crippen LogP contribution in [0.4, 0.5) is 5.69 Å². The van der Waals surface area contributed by atoms with Crippen LogP contribution in [-0.4, -0.2) is 45.5 Å². The van der Waals surface area contributed by atoms with E-state index in [0.29, 0.717) is 42.4 Å². The lowest BCUT2D eigenvalue weighted by atomic mass is 9.94. The summed E-state index contributed by atoms with van der Waals surface area (Å²) >= 11 is 0. The van der Waals surface area contributed by atoms with E-state index in [4.69, 9.17) is 9.47 Å². The second-order valence-corrected chi connectivity index (χ2v) is 6.30. The van der Waals surface area contributed by atoms with Crippen LogP contribution in [0.2, 0.25) is 0 Å². The number of fused-ring (bicyclic) bond motifs is 1. The first-order valence-corrected chi connectivity index (χ1v) is 8.52. The van der Waals surface area contributed by atoms with Gasteiger partial charge in [-0.2, -0.15) is 0 Å². The van der Waals surface area contributed by atoms with Crippen LogP contribution >= 0.6 is 0 Å². The maximum Gasteiger partial charge on any atom is 0.338 e. The molecule has 6 heteroatoms. The molecule has 0 saturated carbocycles. The van der Waals surface area contributed by atoms with Crippen LogP contribution in [0.1, 0.15) is 33.6 Å². The van der Waals surface area contributed by atoms with Crippen molar-refractivity contribution in [3.8, 4) is 0 Å². The van der Waals surface area contributed by atoms with Gasteiger partial charge in [-0.1, -0.05) is 12.1 Å². The van der Waals surface area contributed by atoms with Crippen LogP contribution < -0.4 is 4.90 Å². The first-order chi connectivity index (χ1) is 12.6. The van der Waals surface area contributed by atoms with Gasteiger partial charge < -0.3 is 14.4 Å². The maximum absolute atomic E-state index is 12.1. The van der Waals surface area contributed by atoms with Crippen molar-refractivity contribution in [1.82, 2.24) is 0 Å². The van der Waals surface area contributed by atoms with E-state index in [2.05, 4.69) is 4.90 Å². The third-order valence-electron chi connectivity index (χ3n) is 4.95. The zero-order valence-electron chi connectivity index (χ0n) is 14.9. The summed E-state index contributed by atoms with van der Waals surface area (Å²) in [5, 5.41) is 1.43. The number of ether oxygens (including phenoxy) is 2. The molecule has 0 N–H and O–H groups in total. The maximum atomic E-state index is 12.1. The highest BCUT2D eigenvalue weighted by Gasteiger charge is 2.27. The van der Waals surface area contributed by atoms with Crippen LogP contribution in [0, 0.1) is 5.92 Å². The number of hydrogen-bond donors (Lipinski definition) is 0. The Morgan fingerprint density at radius 1 is 1.08 bits per heavy atom. The van der Waals surface area contributed by atoms with Gasteiger partial charge in [0.1, 0.15) is 0 Å². The second-order valence-electron chi connectivity index (χ2n) is 6.30. The lowest BCUT2D eigenvalue weighted by Crippen LogP contribution is -2.36. The van der Waals surface area contributed by atoms with Crippen molar-refractivity contribution in [2.45, 2.75) is 12.8 Å². The van der Waals surface area contributed by atoms with Gasteiger partial charge >= 0.3 is 11.9 Å². The van der Waals surface area contributed by atoms with Gasteiger partial charge in [0.25, 0.3) is 0 Å². The van der Waals surface area contributed by atoms with E-state index in [9.17, 15) is 14.4 Å². The van der Waals surface area contributed by atoms with E-state index in [1.807, 2.05) is 12.1 Å². The number of esters is 2. The van der Waals surface area contributed by atoms with E-state index in [1.54, 1.807) is 18.2 Å². The van der Waals surface area contributed by atoms with Crippen molar-refractivity contribution in [2.24, 2.45) is 5.92 Å². The first-order valence-electron chi connectivity index (χ1n) is 8.52. The minimum atomic E-state index is -0.472. The van der Waals surface area contributed by atoms with E-state index in [-0.39, 0.29) is 11.9 Å². The molecule has 0 radical (unpaired) electrons. The van der Waals surface area contributed by atoms with Gasteiger partial charge in [-0.25, -0.2) is 4.79 Å². The van der Waals surface area contributed by atoms with Crippen molar-refractivity contribution in [3.05, 3.63) is 41.5 Å². The van der Waals surface area contributed by atoms with Crippen molar-refractivity contribution in [3.63, 3.8) is 0 Å². The Morgan fingerprint density at radius 2 is 1.81 bits per heavy atom. The number of methoxy groups -OCH3 is 2. The molecule has 6 nitrogen and oxygen atoms in total. The summed E-state index contributed by atoms with van der Waals surface area (Å²) in [4.78, 5) is 37.5. The van der Waals surface area contributed by atoms with Crippen LogP contribution in [0.3, 0.4) is 0 Å². The summed E-state index contributed by atoms with van der Waals surface area (Å²) in [7, 11) is 2.73. The number of rotatable bonds is 4. The molecule has 3 rings (SSSR count). The smallest absolute Gasteiger partial charge is 0.338 e. The largest absolute Gasteiger partial charge is 0.469 e. The van der Waals surface area contributed by atoms with Crippen LogP contribution in [-0.2, 0) is 14.3 Å². The lowest BCUT2D eigenvalue weighted by Gasteiger charge is -2.33. The van der Waals surface area contributed by atoms with E-state index >= 15 is 0 Å². The molecular formula is C20H21NO5. The van der Waals surface area contributed by atoms with E-state index in [1.165, 1.54) is 14.2 Å². The molecule has 1 heterocycles. The van der Waals surface area contributed by atoms with Crippen LogP contribution in [0.15, 0.2) is 30.3 Å². The minimum absolute atomic E-state index is 0.0811. The Morgan fingerprint density at radius 3 is 2.42 bits per heavy atom. The SMILES string of the molecule is COC(=O)c1cccc2c(N3CCC(C(=O)OC)CC3)ccc(C=O)c12. The minimum Gasteiger partial charge on any atom is -0.469 e. The standard InChI is InChI=1S/C20H21NO5/c1-25-19(23)13-8-10-21(11-9-13)17-7-6-14(12-22)18-15(17)4-3-5-16(18)20(24)26-2/h3-7,12-13H,8-11H2,1-2H3. The van der Waals surface area contributed by atoms with Gasteiger partial charge in [0, 0.05) is 35.1 Å². The molecule has 1 fully saturated rings. The number of carbonyl (C=O) groups is 3. The highest BCUT2D eigenvalue weighted by atomic mass is 16.5. The predicted octanol–water partition coefficient (Wildman–Crippen LogP) is 2.83. The molecule has 0 aromatic heterocycles. The molecule has 1 aliphatic rings. The van der Waals surface area contributed by atoms with Gasteiger partial charge in [-0.05, 0) is 31.0 Å². The Balaban J connectivity index is 2.02. The molecule has 0 bridgehead atoms. The Bertz CT molecular complexity index is 853. The van der Waals surface area contributed by atoms with Crippen molar-refractivity contribution in [1.29, 1.82) is 0 Å². The normalized spacial score (nSPS) is 14.9. The van der Waals surface area contributed by atoms with E-state index in [0.717, 1.165) is 17.4 Å². The summed E-state index contributed by atoms with van der Waals surface area (Å²) in [5.74, 6) is -0.721. The number of piperidine rings is 1. The summed E-state index contributed by atoms with van der Waals surface area (Å²) < 4.78 is 9.70. The zero-order valence-corrected chi connectivity index (χ0v) is 14.9. The fourth-order valence-corrected chi connectivity index (χ4v) is 3.60. The number of benzene rings is 2. The lowest BCUT2D eigenvalue weighted by molar-refractivity contribution is -0.146. The molecule has 136 valence electrons. The molecule has 1 aliphatic heterocycles. The molecule has 2 aromatic carbocycles. The Kier molecular flexibility index (Phi) is 5.21. The monoisotopic (exact) mass is 355 g/mol. The molecule has 1 saturated heterocycles. The molecule has 0 spiro atoms. The summed E-state index contributed by atoms with van der Waals surface area (Å²) in [5.41, 5.74) is 1.77. The number of aldehydes is 1. The molecule has 26 heavy (non-hydrogen) atoms.